The van der Waals surface area contributed by atoms with Crippen molar-refractivity contribution in [1.29, 1.82) is 0 Å². The molecule has 2 aromatic carbocycles. The van der Waals surface area contributed by atoms with Crippen molar-refractivity contribution in [2.24, 2.45) is 5.92 Å². The Morgan fingerprint density at radius 3 is 2.53 bits per heavy atom. The molecule has 1 aliphatic carbocycles. The molecule has 0 aliphatic heterocycles. The maximum atomic E-state index is 14.6. The van der Waals surface area contributed by atoms with Crippen molar-refractivity contribution in [3.05, 3.63) is 82.0 Å². The number of hydrogen-bond donors (Lipinski definition) is 0. The van der Waals surface area contributed by atoms with E-state index in [-0.39, 0.29) is 38.5 Å². The summed E-state index contributed by atoms with van der Waals surface area (Å²) < 4.78 is 34.9. The molecule has 4 nitrogen and oxygen atoms in total. The molecule has 4 aromatic rings. The van der Waals surface area contributed by atoms with E-state index < -0.39 is 11.6 Å². The number of nitrogens with zero attached hydrogens (tertiary/aromatic N) is 2. The van der Waals surface area contributed by atoms with Gasteiger partial charge in [-0.2, -0.15) is 0 Å². The van der Waals surface area contributed by atoms with E-state index in [0.29, 0.717) is 11.7 Å². The van der Waals surface area contributed by atoms with Gasteiger partial charge in [0.2, 0.25) is 0 Å². The lowest BCUT2D eigenvalue weighted by atomic mass is 9.83. The lowest BCUT2D eigenvalue weighted by Crippen LogP contribution is -2.41. The number of fused-ring (bicyclic) bond motifs is 1. The summed E-state index contributed by atoms with van der Waals surface area (Å²) in [5, 5.41) is -0.0684. The summed E-state index contributed by atoms with van der Waals surface area (Å²) in [6, 6.07) is 11.8. The Bertz CT molecular complexity index is 1450. The highest BCUT2D eigenvalue weighted by atomic mass is 35.5. The molecule has 0 atom stereocenters. The van der Waals surface area contributed by atoms with Gasteiger partial charge in [0.1, 0.15) is 22.3 Å². The van der Waals surface area contributed by atoms with Crippen LogP contribution in [0.4, 0.5) is 8.78 Å². The van der Waals surface area contributed by atoms with Crippen molar-refractivity contribution < 1.29 is 18.3 Å². The number of aromatic nitrogens is 1. The van der Waals surface area contributed by atoms with E-state index in [1.807, 2.05) is 35.2 Å². The molecule has 38 heavy (non-hydrogen) atoms. The average Bonchev–Trinajstić information content (AvgIpc) is 3.32. The number of pyridine rings is 1. The molecular formula is C30H29ClF2N2O2S. The minimum Gasteiger partial charge on any atom is -0.496 e. The molecule has 1 aliphatic rings. The van der Waals surface area contributed by atoms with Crippen LogP contribution in [0.3, 0.4) is 0 Å². The van der Waals surface area contributed by atoms with E-state index >= 15 is 0 Å². The molecule has 2 aromatic heterocycles. The molecule has 198 valence electrons. The van der Waals surface area contributed by atoms with E-state index in [0.717, 1.165) is 72.3 Å². The number of ether oxygens (including phenoxy) is 1. The molecule has 0 bridgehead atoms. The summed E-state index contributed by atoms with van der Waals surface area (Å²) in [6.45, 7) is 2.48. The first-order valence-corrected chi connectivity index (χ1v) is 14.0. The first kappa shape index (κ1) is 26.6. The zero-order chi connectivity index (χ0) is 26.8. The number of hydrogen-bond acceptors (Lipinski definition) is 4. The van der Waals surface area contributed by atoms with E-state index in [1.165, 1.54) is 0 Å². The van der Waals surface area contributed by atoms with Crippen LogP contribution in [-0.4, -0.2) is 28.9 Å². The normalized spacial score (nSPS) is 17.5. The summed E-state index contributed by atoms with van der Waals surface area (Å²) >= 11 is 7.46. The van der Waals surface area contributed by atoms with Gasteiger partial charge in [-0.3, -0.25) is 9.78 Å². The van der Waals surface area contributed by atoms with E-state index in [4.69, 9.17) is 16.3 Å². The van der Waals surface area contributed by atoms with Crippen LogP contribution in [0.15, 0.2) is 54.9 Å². The molecule has 8 heteroatoms. The molecule has 0 radical (unpaired) electrons. The van der Waals surface area contributed by atoms with Crippen molar-refractivity contribution >= 4 is 38.9 Å². The molecule has 5 rings (SSSR count). The highest BCUT2D eigenvalue weighted by Crippen LogP contribution is 2.41. The molecule has 1 fully saturated rings. The number of carbonyl (C=O) groups is 1. The number of methoxy groups -OCH3 is 1. The van der Waals surface area contributed by atoms with Crippen LogP contribution in [0.1, 0.15) is 54.3 Å². The van der Waals surface area contributed by atoms with Crippen LogP contribution in [0.5, 0.6) is 5.75 Å². The van der Waals surface area contributed by atoms with Gasteiger partial charge in [0.05, 0.1) is 22.2 Å². The minimum atomic E-state index is -0.637. The van der Waals surface area contributed by atoms with Crippen molar-refractivity contribution in [1.82, 2.24) is 9.88 Å². The summed E-state index contributed by atoms with van der Waals surface area (Å²) in [6.07, 6.45) is 8.41. The quantitative estimate of drug-likeness (QED) is 0.230. The molecule has 2 heterocycles. The highest BCUT2D eigenvalue weighted by molar-refractivity contribution is 7.21. The number of thiophene rings is 1. The summed E-state index contributed by atoms with van der Waals surface area (Å²) in [5.41, 5.74) is 2.76. The van der Waals surface area contributed by atoms with Gasteiger partial charge in [0.25, 0.3) is 5.91 Å². The Morgan fingerprint density at radius 2 is 1.87 bits per heavy atom. The van der Waals surface area contributed by atoms with Gasteiger partial charge in [0.15, 0.2) is 0 Å². The number of amides is 1. The number of benzene rings is 2. The van der Waals surface area contributed by atoms with Gasteiger partial charge >= 0.3 is 0 Å². The standard InChI is InChI=1S/C30H29ClF2N2O2S/c1-3-18-6-9-22(10-7-18)35(30(36)29-27(31)26-23(32)11-12-24(33)28(26)38-29)17-21-15-19(8-13-25(21)37-2)20-5-4-14-34-16-20/h4-5,8,11-16,18,22H,3,6-7,9-10,17H2,1-2H3/t18-,22-. The Labute approximate surface area is 230 Å². The van der Waals surface area contributed by atoms with Gasteiger partial charge in [0, 0.05) is 36.1 Å². The highest BCUT2D eigenvalue weighted by Gasteiger charge is 2.33. The third-order valence-corrected chi connectivity index (χ3v) is 9.26. The van der Waals surface area contributed by atoms with Crippen LogP contribution >= 0.6 is 22.9 Å². The topological polar surface area (TPSA) is 42.4 Å². The lowest BCUT2D eigenvalue weighted by molar-refractivity contribution is 0.0591. The maximum absolute atomic E-state index is 14.6. The van der Waals surface area contributed by atoms with Gasteiger partial charge in [-0.15, -0.1) is 11.3 Å². The smallest absolute Gasteiger partial charge is 0.266 e. The second-order valence-electron chi connectivity index (χ2n) is 9.76. The van der Waals surface area contributed by atoms with Gasteiger partial charge in [-0.1, -0.05) is 37.1 Å². The zero-order valence-electron chi connectivity index (χ0n) is 21.3. The Morgan fingerprint density at radius 1 is 1.11 bits per heavy atom. The SMILES string of the molecule is CC[C@H]1CC[C@H](N(Cc2cc(-c3cccnc3)ccc2OC)C(=O)c2sc3c(F)ccc(F)c3c2Cl)CC1. The molecule has 1 amide bonds. The third-order valence-electron chi connectivity index (χ3n) is 7.59. The lowest BCUT2D eigenvalue weighted by Gasteiger charge is -2.37. The zero-order valence-corrected chi connectivity index (χ0v) is 22.9. The molecule has 0 N–H and O–H groups in total. The Hall–Kier alpha value is -3.03. The molecular weight excluding hydrogens is 526 g/mol. The van der Waals surface area contributed by atoms with E-state index in [2.05, 4.69) is 11.9 Å². The Kier molecular flexibility index (Phi) is 7.96. The monoisotopic (exact) mass is 554 g/mol. The number of halogens is 3. The van der Waals surface area contributed by atoms with Crippen LogP contribution in [-0.2, 0) is 6.54 Å². The van der Waals surface area contributed by atoms with Gasteiger partial charge < -0.3 is 9.64 Å². The van der Waals surface area contributed by atoms with Crippen LogP contribution in [0, 0.1) is 17.6 Å². The van der Waals surface area contributed by atoms with Crippen molar-refractivity contribution in [3.63, 3.8) is 0 Å². The largest absolute Gasteiger partial charge is 0.496 e. The second-order valence-corrected chi connectivity index (χ2v) is 11.2. The van der Waals surface area contributed by atoms with Crippen LogP contribution in [0.2, 0.25) is 5.02 Å². The number of carbonyl (C=O) groups excluding carboxylic acids is 1. The minimum absolute atomic E-state index is 0.0203. The first-order chi connectivity index (χ1) is 18.4. The van der Waals surface area contributed by atoms with Gasteiger partial charge in [-0.25, -0.2) is 8.78 Å². The van der Waals surface area contributed by atoms with Crippen molar-refractivity contribution in [3.8, 4) is 16.9 Å². The van der Waals surface area contributed by atoms with Crippen LogP contribution in [0.25, 0.3) is 21.2 Å². The Balaban J connectivity index is 1.56. The molecule has 0 unspecified atom stereocenters. The summed E-state index contributed by atoms with van der Waals surface area (Å²) in [5.74, 6) is -0.237. The van der Waals surface area contributed by atoms with E-state index in [1.54, 1.807) is 19.5 Å². The average molecular weight is 555 g/mol. The fourth-order valence-electron chi connectivity index (χ4n) is 5.40. The predicted molar refractivity (Wildman–Crippen MR) is 149 cm³/mol. The van der Waals surface area contributed by atoms with Crippen LogP contribution < -0.4 is 4.74 Å². The van der Waals surface area contributed by atoms with E-state index in [9.17, 15) is 13.6 Å². The first-order valence-electron chi connectivity index (χ1n) is 12.9. The maximum Gasteiger partial charge on any atom is 0.266 e. The molecule has 0 spiro atoms. The molecule has 1 saturated carbocycles. The number of rotatable bonds is 7. The predicted octanol–water partition coefficient (Wildman–Crippen LogP) is 8.51. The van der Waals surface area contributed by atoms with Gasteiger partial charge in [-0.05, 0) is 67.5 Å². The fourth-order valence-corrected chi connectivity index (χ4v) is 6.90. The fraction of sp³-hybridized carbons (Fsp3) is 0.333. The van der Waals surface area contributed by atoms with Crippen molar-refractivity contribution in [2.75, 3.05) is 7.11 Å². The summed E-state index contributed by atoms with van der Waals surface area (Å²) in [4.78, 5) is 20.3. The second kappa shape index (κ2) is 11.4. The third kappa shape index (κ3) is 5.14. The summed E-state index contributed by atoms with van der Waals surface area (Å²) in [7, 11) is 1.61. The van der Waals surface area contributed by atoms with Crippen molar-refractivity contribution in [2.45, 2.75) is 51.6 Å². The molecule has 0 saturated heterocycles.